The average molecular weight is 535 g/mol. The molecule has 0 unspecified atom stereocenters. The second kappa shape index (κ2) is 11.2. The maximum Gasteiger partial charge on any atom is 0.335 e. The van der Waals surface area contributed by atoms with Crippen LogP contribution in [-0.4, -0.2) is 34.2 Å². The highest BCUT2D eigenvalue weighted by Crippen LogP contribution is 2.39. The van der Waals surface area contributed by atoms with Crippen LogP contribution in [0.15, 0.2) is 65.6 Å². The van der Waals surface area contributed by atoms with Crippen LogP contribution in [0, 0.1) is 11.3 Å². The van der Waals surface area contributed by atoms with E-state index < -0.39 is 17.1 Å². The fourth-order valence-corrected chi connectivity index (χ4v) is 4.75. The number of carbonyl (C=O) groups is 3. The van der Waals surface area contributed by atoms with Crippen molar-refractivity contribution in [1.29, 1.82) is 5.26 Å². The van der Waals surface area contributed by atoms with Crippen LogP contribution >= 0.6 is 23.4 Å². The number of methoxy groups -OCH3 is 1. The minimum atomic E-state index is -1.04. The first-order valence-electron chi connectivity index (χ1n) is 10.9. The van der Waals surface area contributed by atoms with Crippen molar-refractivity contribution in [1.82, 2.24) is 4.90 Å². The summed E-state index contributed by atoms with van der Waals surface area (Å²) in [4.78, 5) is 38.0. The standard InChI is InChI=1S/C27H19ClN2O6S/c1-35-22-11-17(10-21(28)24(22)36-15-16-5-4-8-18(9-16)26(32)33)12-23-25(31)30(27(34)37-23)14-20-7-3-2-6-19(20)13-29/h2-12H,14-15H2,1H3,(H,32,33)/b23-12+. The van der Waals surface area contributed by atoms with Gasteiger partial charge in [-0.3, -0.25) is 14.5 Å². The molecule has 0 aliphatic carbocycles. The molecule has 0 bridgehead atoms. The zero-order chi connectivity index (χ0) is 26.5. The van der Waals surface area contributed by atoms with Gasteiger partial charge in [-0.25, -0.2) is 4.79 Å². The topological polar surface area (TPSA) is 117 Å². The van der Waals surface area contributed by atoms with Crippen LogP contribution in [0.5, 0.6) is 11.5 Å². The highest BCUT2D eigenvalue weighted by molar-refractivity contribution is 8.18. The van der Waals surface area contributed by atoms with Gasteiger partial charge in [0.2, 0.25) is 0 Å². The van der Waals surface area contributed by atoms with Crippen LogP contribution < -0.4 is 9.47 Å². The Morgan fingerprint density at radius 3 is 2.68 bits per heavy atom. The number of hydrogen-bond donors (Lipinski definition) is 1. The van der Waals surface area contributed by atoms with Crippen molar-refractivity contribution < 1.29 is 29.0 Å². The molecule has 0 atom stereocenters. The number of benzene rings is 3. The van der Waals surface area contributed by atoms with E-state index in [9.17, 15) is 19.6 Å². The lowest BCUT2D eigenvalue weighted by molar-refractivity contribution is -0.123. The van der Waals surface area contributed by atoms with Crippen molar-refractivity contribution in [2.45, 2.75) is 13.2 Å². The van der Waals surface area contributed by atoms with Crippen molar-refractivity contribution in [3.8, 4) is 17.6 Å². The Labute approximate surface area is 221 Å². The summed E-state index contributed by atoms with van der Waals surface area (Å²) in [5.41, 5.74) is 2.26. The van der Waals surface area contributed by atoms with E-state index in [-0.39, 0.29) is 34.4 Å². The molecule has 2 amide bonds. The lowest BCUT2D eigenvalue weighted by Gasteiger charge is -2.14. The number of aromatic carboxylic acids is 1. The molecule has 0 aromatic heterocycles. The van der Waals surface area contributed by atoms with Gasteiger partial charge in [0.25, 0.3) is 11.1 Å². The Kier molecular flexibility index (Phi) is 7.82. The molecule has 37 heavy (non-hydrogen) atoms. The van der Waals surface area contributed by atoms with E-state index >= 15 is 0 Å². The smallest absolute Gasteiger partial charge is 0.335 e. The predicted octanol–water partition coefficient (Wildman–Crippen LogP) is 5.73. The molecule has 0 spiro atoms. The molecule has 10 heteroatoms. The maximum absolute atomic E-state index is 13.0. The molecule has 1 fully saturated rings. The molecular weight excluding hydrogens is 516 g/mol. The van der Waals surface area contributed by atoms with Crippen LogP contribution in [-0.2, 0) is 17.9 Å². The van der Waals surface area contributed by atoms with Gasteiger partial charge in [0.05, 0.1) is 40.8 Å². The average Bonchev–Trinajstić information content (AvgIpc) is 3.15. The summed E-state index contributed by atoms with van der Waals surface area (Å²) in [6, 6.07) is 18.4. The molecular formula is C27H19ClN2O6S. The number of carboxylic acids is 1. The quantitative estimate of drug-likeness (QED) is 0.364. The van der Waals surface area contributed by atoms with Crippen LogP contribution in [0.1, 0.15) is 32.6 Å². The molecule has 0 radical (unpaired) electrons. The van der Waals surface area contributed by atoms with Crippen molar-refractivity contribution >= 4 is 46.6 Å². The molecule has 1 aliphatic heterocycles. The Morgan fingerprint density at radius 2 is 1.95 bits per heavy atom. The molecule has 1 saturated heterocycles. The van der Waals surface area contributed by atoms with E-state index in [4.69, 9.17) is 26.2 Å². The third-order valence-electron chi connectivity index (χ3n) is 5.45. The van der Waals surface area contributed by atoms with Gasteiger partial charge in [-0.15, -0.1) is 0 Å². The van der Waals surface area contributed by atoms with E-state index in [0.717, 1.165) is 16.7 Å². The molecule has 1 N–H and O–H groups in total. The molecule has 3 aromatic carbocycles. The summed E-state index contributed by atoms with van der Waals surface area (Å²) in [6.45, 7) is 0.0469. The highest BCUT2D eigenvalue weighted by Gasteiger charge is 2.35. The van der Waals surface area contributed by atoms with Crippen LogP contribution in [0.3, 0.4) is 0 Å². The number of amides is 2. The number of ether oxygens (including phenoxy) is 2. The highest BCUT2D eigenvalue weighted by atomic mass is 35.5. The third-order valence-corrected chi connectivity index (χ3v) is 6.63. The first-order chi connectivity index (χ1) is 17.8. The fraction of sp³-hybridized carbons (Fsp3) is 0.111. The molecule has 1 aliphatic rings. The maximum atomic E-state index is 13.0. The van der Waals surface area contributed by atoms with E-state index in [1.807, 2.05) is 0 Å². The molecule has 186 valence electrons. The summed E-state index contributed by atoms with van der Waals surface area (Å²) in [5.74, 6) is -0.962. The second-order valence-electron chi connectivity index (χ2n) is 7.87. The first kappa shape index (κ1) is 25.8. The lowest BCUT2D eigenvalue weighted by Crippen LogP contribution is -2.27. The molecule has 4 rings (SSSR count). The van der Waals surface area contributed by atoms with Crippen LogP contribution in [0.25, 0.3) is 6.08 Å². The minimum Gasteiger partial charge on any atom is -0.493 e. The summed E-state index contributed by atoms with van der Waals surface area (Å²) >= 11 is 7.25. The summed E-state index contributed by atoms with van der Waals surface area (Å²) in [6.07, 6.45) is 1.54. The van der Waals surface area contributed by atoms with E-state index in [0.29, 0.717) is 28.0 Å². The van der Waals surface area contributed by atoms with Gasteiger partial charge in [0.15, 0.2) is 11.5 Å². The van der Waals surface area contributed by atoms with E-state index in [1.165, 1.54) is 25.3 Å². The largest absolute Gasteiger partial charge is 0.493 e. The lowest BCUT2D eigenvalue weighted by atomic mass is 10.1. The van der Waals surface area contributed by atoms with Crippen LogP contribution in [0.4, 0.5) is 4.79 Å². The minimum absolute atomic E-state index is 0.00826. The molecule has 1 heterocycles. The SMILES string of the molecule is COc1cc(/C=C2/SC(=O)N(Cc3ccccc3C#N)C2=O)cc(Cl)c1OCc1cccc(C(=O)O)c1. The Bertz CT molecular complexity index is 1480. The number of nitriles is 1. The number of carbonyl (C=O) groups excluding carboxylic acids is 2. The third kappa shape index (κ3) is 5.77. The van der Waals surface area contributed by atoms with Crippen molar-refractivity contribution in [2.24, 2.45) is 0 Å². The molecule has 8 nitrogen and oxygen atoms in total. The van der Waals surface area contributed by atoms with Gasteiger partial charge in [-0.1, -0.05) is 41.9 Å². The second-order valence-corrected chi connectivity index (χ2v) is 9.27. The zero-order valence-electron chi connectivity index (χ0n) is 19.4. The number of carboxylic acid groups (broad SMARTS) is 1. The first-order valence-corrected chi connectivity index (χ1v) is 12.1. The predicted molar refractivity (Wildman–Crippen MR) is 138 cm³/mol. The monoisotopic (exact) mass is 534 g/mol. The van der Waals surface area contributed by atoms with Crippen molar-refractivity contribution in [3.63, 3.8) is 0 Å². The summed E-state index contributed by atoms with van der Waals surface area (Å²) in [7, 11) is 1.44. The number of hydrogen-bond acceptors (Lipinski definition) is 7. The Balaban J connectivity index is 1.54. The van der Waals surface area contributed by atoms with Gasteiger partial charge < -0.3 is 14.6 Å². The normalized spacial score (nSPS) is 14.1. The Hall–Kier alpha value is -4.26. The molecule has 0 saturated carbocycles. The van der Waals surface area contributed by atoms with E-state index in [1.54, 1.807) is 48.5 Å². The van der Waals surface area contributed by atoms with Crippen molar-refractivity contribution in [3.05, 3.63) is 98.4 Å². The molecule has 3 aromatic rings. The van der Waals surface area contributed by atoms with Gasteiger partial charge in [0, 0.05) is 0 Å². The number of imide groups is 1. The van der Waals surface area contributed by atoms with Gasteiger partial charge in [-0.05, 0) is 64.9 Å². The number of rotatable bonds is 8. The van der Waals surface area contributed by atoms with Gasteiger partial charge >= 0.3 is 5.97 Å². The van der Waals surface area contributed by atoms with E-state index in [2.05, 4.69) is 6.07 Å². The van der Waals surface area contributed by atoms with Crippen LogP contribution in [0.2, 0.25) is 5.02 Å². The zero-order valence-corrected chi connectivity index (χ0v) is 21.0. The summed E-state index contributed by atoms with van der Waals surface area (Å²) < 4.78 is 11.2. The number of halogens is 1. The number of nitrogens with zero attached hydrogens (tertiary/aromatic N) is 2. The van der Waals surface area contributed by atoms with Gasteiger partial charge in [-0.2, -0.15) is 5.26 Å². The number of thioether (sulfide) groups is 1. The Morgan fingerprint density at radius 1 is 1.16 bits per heavy atom. The summed E-state index contributed by atoms with van der Waals surface area (Å²) in [5, 5.41) is 18.2. The fourth-order valence-electron chi connectivity index (χ4n) is 3.64. The van der Waals surface area contributed by atoms with Crippen molar-refractivity contribution in [2.75, 3.05) is 7.11 Å². The van der Waals surface area contributed by atoms with Gasteiger partial charge in [0.1, 0.15) is 6.61 Å².